The van der Waals surface area contributed by atoms with Crippen LogP contribution in [0.2, 0.25) is 0 Å². The fourth-order valence-electron chi connectivity index (χ4n) is 3.68. The van der Waals surface area contributed by atoms with Crippen LogP contribution in [0, 0.1) is 11.6 Å². The number of hydrogen-bond donors (Lipinski definition) is 1. The minimum absolute atomic E-state index is 0.0381. The number of likely N-dealkylation sites (tertiary alicyclic amines) is 1. The number of piperidine rings is 1. The zero-order valence-electron chi connectivity index (χ0n) is 16.4. The highest BCUT2D eigenvalue weighted by atomic mass is 32.2. The molecule has 0 bridgehead atoms. The van der Waals surface area contributed by atoms with E-state index in [1.165, 1.54) is 6.07 Å². The van der Waals surface area contributed by atoms with Crippen LogP contribution in [0.4, 0.5) is 8.78 Å². The van der Waals surface area contributed by atoms with Crippen LogP contribution in [0.25, 0.3) is 11.3 Å². The second-order valence-electron chi connectivity index (χ2n) is 7.36. The lowest BCUT2D eigenvalue weighted by Gasteiger charge is -2.31. The Balaban J connectivity index is 1.40. The fraction of sp³-hybridized carbons (Fsp3) is 0.273. The minimum Gasteiger partial charge on any atom is -0.342 e. The number of rotatable bonds is 4. The van der Waals surface area contributed by atoms with E-state index >= 15 is 0 Å². The van der Waals surface area contributed by atoms with Gasteiger partial charge in [-0.1, -0.05) is 0 Å². The minimum atomic E-state index is -1.07. The molecule has 0 saturated carbocycles. The van der Waals surface area contributed by atoms with Crippen molar-refractivity contribution in [3.05, 3.63) is 71.7 Å². The summed E-state index contributed by atoms with van der Waals surface area (Å²) < 4.78 is 38.1. The van der Waals surface area contributed by atoms with Crippen molar-refractivity contribution in [3.63, 3.8) is 0 Å². The molecule has 156 valence electrons. The summed E-state index contributed by atoms with van der Waals surface area (Å²) in [6.45, 7) is 1.21. The summed E-state index contributed by atoms with van der Waals surface area (Å²) >= 11 is 0. The number of nitrogens with zero attached hydrogens (tertiary/aromatic N) is 2. The third kappa shape index (κ3) is 4.18. The molecule has 0 aliphatic carbocycles. The van der Waals surface area contributed by atoms with Crippen molar-refractivity contribution < 1.29 is 17.8 Å². The summed E-state index contributed by atoms with van der Waals surface area (Å²) in [6, 6.07) is 10.6. The molecule has 1 N–H and O–H groups in total. The molecule has 4 rings (SSSR count). The van der Waals surface area contributed by atoms with Gasteiger partial charge in [-0.05, 0) is 55.3 Å². The third-order valence-electron chi connectivity index (χ3n) is 5.43. The first-order valence-corrected chi connectivity index (χ1v) is 11.2. The SMILES string of the molecule is C[S@@](=O)c1ccc(C(=O)N2CCC(c3ncc(-c4ccc(F)c(F)c4)[nH]3)CC2)cc1. The van der Waals surface area contributed by atoms with Crippen molar-refractivity contribution in [1.29, 1.82) is 0 Å². The zero-order chi connectivity index (χ0) is 21.3. The Labute approximate surface area is 175 Å². The lowest BCUT2D eigenvalue weighted by atomic mass is 9.95. The van der Waals surface area contributed by atoms with Crippen molar-refractivity contribution >= 4 is 16.7 Å². The maximum absolute atomic E-state index is 13.5. The topological polar surface area (TPSA) is 66.1 Å². The average molecular weight is 429 g/mol. The van der Waals surface area contributed by atoms with Crippen LogP contribution in [0.5, 0.6) is 0 Å². The number of H-pyrrole nitrogens is 1. The van der Waals surface area contributed by atoms with Crippen LogP contribution in [0.1, 0.15) is 34.9 Å². The maximum Gasteiger partial charge on any atom is 0.253 e. The number of carbonyl (C=O) groups excluding carboxylic acids is 1. The van der Waals surface area contributed by atoms with E-state index in [0.29, 0.717) is 34.8 Å². The van der Waals surface area contributed by atoms with Gasteiger partial charge in [0.15, 0.2) is 11.6 Å². The lowest BCUT2D eigenvalue weighted by molar-refractivity contribution is 0.0711. The number of hydrogen-bond acceptors (Lipinski definition) is 3. The molecule has 1 fully saturated rings. The molecule has 8 heteroatoms. The molecule has 0 unspecified atom stereocenters. The standard InChI is InChI=1S/C22H21F2N3O2S/c1-30(29)17-5-2-15(3-6-17)22(28)27-10-8-14(9-11-27)21-25-13-20(26-21)16-4-7-18(23)19(24)12-16/h2-7,12-14H,8-11H2,1H3,(H,25,26)/t30-/m1/s1. The number of nitrogens with one attached hydrogen (secondary N) is 1. The van der Waals surface area contributed by atoms with Gasteiger partial charge in [-0.2, -0.15) is 0 Å². The summed E-state index contributed by atoms with van der Waals surface area (Å²) in [7, 11) is -1.07. The Kier molecular flexibility index (Phi) is 5.76. The van der Waals surface area contributed by atoms with E-state index in [2.05, 4.69) is 9.97 Å². The van der Waals surface area contributed by atoms with Gasteiger partial charge in [0.2, 0.25) is 0 Å². The van der Waals surface area contributed by atoms with Gasteiger partial charge in [0.25, 0.3) is 5.91 Å². The van der Waals surface area contributed by atoms with Crippen LogP contribution in [0.3, 0.4) is 0 Å². The molecule has 0 radical (unpaired) electrons. The largest absolute Gasteiger partial charge is 0.342 e. The Hall–Kier alpha value is -2.87. The van der Waals surface area contributed by atoms with Gasteiger partial charge >= 0.3 is 0 Å². The van der Waals surface area contributed by atoms with Crippen LogP contribution in [-0.2, 0) is 10.8 Å². The maximum atomic E-state index is 13.5. The zero-order valence-corrected chi connectivity index (χ0v) is 17.2. The fourth-order valence-corrected chi connectivity index (χ4v) is 4.20. The first kappa shape index (κ1) is 20.4. The predicted molar refractivity (Wildman–Crippen MR) is 111 cm³/mol. The monoisotopic (exact) mass is 429 g/mol. The van der Waals surface area contributed by atoms with E-state index in [9.17, 15) is 17.8 Å². The molecule has 1 aliphatic heterocycles. The van der Waals surface area contributed by atoms with E-state index in [1.54, 1.807) is 36.7 Å². The average Bonchev–Trinajstić information content (AvgIpc) is 3.25. The summed E-state index contributed by atoms with van der Waals surface area (Å²) in [5, 5.41) is 0. The van der Waals surface area contributed by atoms with E-state index in [4.69, 9.17) is 0 Å². The second kappa shape index (κ2) is 8.47. The van der Waals surface area contributed by atoms with Gasteiger partial charge < -0.3 is 9.88 Å². The van der Waals surface area contributed by atoms with Crippen molar-refractivity contribution in [2.45, 2.75) is 23.7 Å². The van der Waals surface area contributed by atoms with Gasteiger partial charge in [0.05, 0.1) is 11.9 Å². The number of amides is 1. The Morgan fingerprint density at radius 2 is 1.80 bits per heavy atom. The van der Waals surface area contributed by atoms with E-state index in [1.807, 2.05) is 4.90 Å². The highest BCUT2D eigenvalue weighted by molar-refractivity contribution is 7.84. The van der Waals surface area contributed by atoms with Gasteiger partial charge in [-0.3, -0.25) is 9.00 Å². The van der Waals surface area contributed by atoms with Gasteiger partial charge in [-0.15, -0.1) is 0 Å². The number of aromatic nitrogens is 2. The van der Waals surface area contributed by atoms with Crippen molar-refractivity contribution in [2.75, 3.05) is 19.3 Å². The molecular formula is C22H21F2N3O2S. The number of benzene rings is 2. The first-order chi connectivity index (χ1) is 14.4. The Bertz CT molecular complexity index is 1090. The van der Waals surface area contributed by atoms with Crippen molar-refractivity contribution in [3.8, 4) is 11.3 Å². The van der Waals surface area contributed by atoms with E-state index < -0.39 is 22.4 Å². The molecule has 2 aromatic carbocycles. The summed E-state index contributed by atoms with van der Waals surface area (Å²) in [5.74, 6) is -0.861. The normalized spacial score (nSPS) is 15.9. The number of halogens is 2. The Morgan fingerprint density at radius 1 is 1.10 bits per heavy atom. The van der Waals surface area contributed by atoms with Gasteiger partial charge in [0, 0.05) is 52.1 Å². The molecule has 1 saturated heterocycles. The van der Waals surface area contributed by atoms with E-state index in [-0.39, 0.29) is 11.8 Å². The summed E-state index contributed by atoms with van der Waals surface area (Å²) in [6.07, 6.45) is 4.74. The van der Waals surface area contributed by atoms with Gasteiger partial charge in [-0.25, -0.2) is 13.8 Å². The lowest BCUT2D eigenvalue weighted by Crippen LogP contribution is -2.38. The van der Waals surface area contributed by atoms with Crippen molar-refractivity contribution in [2.24, 2.45) is 0 Å². The molecule has 2 heterocycles. The highest BCUT2D eigenvalue weighted by Crippen LogP contribution is 2.29. The molecule has 1 amide bonds. The highest BCUT2D eigenvalue weighted by Gasteiger charge is 2.26. The molecule has 0 spiro atoms. The van der Waals surface area contributed by atoms with E-state index in [0.717, 1.165) is 30.8 Å². The van der Waals surface area contributed by atoms with Crippen LogP contribution < -0.4 is 0 Å². The molecule has 3 aromatic rings. The number of carbonyl (C=O) groups is 1. The molecule has 1 atom stereocenters. The molecular weight excluding hydrogens is 408 g/mol. The van der Waals surface area contributed by atoms with Crippen LogP contribution in [-0.4, -0.2) is 44.3 Å². The third-order valence-corrected chi connectivity index (χ3v) is 6.36. The summed E-state index contributed by atoms with van der Waals surface area (Å²) in [5.41, 5.74) is 1.76. The van der Waals surface area contributed by atoms with Crippen molar-refractivity contribution in [1.82, 2.24) is 14.9 Å². The van der Waals surface area contributed by atoms with Crippen LogP contribution >= 0.6 is 0 Å². The molecule has 1 aromatic heterocycles. The molecule has 30 heavy (non-hydrogen) atoms. The van der Waals surface area contributed by atoms with Crippen LogP contribution in [0.15, 0.2) is 53.6 Å². The summed E-state index contributed by atoms with van der Waals surface area (Å²) in [4.78, 5) is 22.9. The quantitative estimate of drug-likeness (QED) is 0.679. The second-order valence-corrected chi connectivity index (χ2v) is 8.74. The number of imidazole rings is 1. The Morgan fingerprint density at radius 3 is 2.43 bits per heavy atom. The molecule has 1 aliphatic rings. The number of aromatic amines is 1. The first-order valence-electron chi connectivity index (χ1n) is 9.65. The van der Waals surface area contributed by atoms with Gasteiger partial charge in [0.1, 0.15) is 5.82 Å². The smallest absolute Gasteiger partial charge is 0.253 e. The predicted octanol–water partition coefficient (Wildman–Crippen LogP) is 4.11. The molecule has 5 nitrogen and oxygen atoms in total.